The first-order valence-corrected chi connectivity index (χ1v) is 7.60. The Bertz CT molecular complexity index is 598. The number of thioether (sulfide) groups is 1. The predicted molar refractivity (Wildman–Crippen MR) is 86.6 cm³/mol. The second kappa shape index (κ2) is 6.82. The predicted octanol–water partition coefficient (Wildman–Crippen LogP) is 4.77. The number of aryl methyl sites for hydroxylation is 1. The van der Waals surface area contributed by atoms with E-state index in [4.69, 9.17) is 11.6 Å². The third-order valence-corrected chi connectivity index (χ3v) is 4.14. The lowest BCUT2D eigenvalue weighted by Crippen LogP contribution is -2.22. The summed E-state index contributed by atoms with van der Waals surface area (Å²) in [5.74, 6) is -0.0298. The van der Waals surface area contributed by atoms with E-state index in [-0.39, 0.29) is 11.2 Å². The number of nitrogens with one attached hydrogen (secondary N) is 1. The minimum atomic E-state index is -0.170. The van der Waals surface area contributed by atoms with Crippen molar-refractivity contribution in [2.45, 2.75) is 24.0 Å². The molecule has 4 heteroatoms. The topological polar surface area (TPSA) is 29.1 Å². The van der Waals surface area contributed by atoms with Gasteiger partial charge in [0.1, 0.15) is 0 Å². The maximum absolute atomic E-state index is 12.1. The Hall–Kier alpha value is -1.45. The largest absolute Gasteiger partial charge is 0.325 e. The minimum Gasteiger partial charge on any atom is -0.325 e. The SMILES string of the molecule is Cc1ccc(SC(C)C(=O)Nc2cccc(Cl)c2)cc1. The standard InChI is InChI=1S/C16H16ClNOS/c1-11-6-8-15(9-7-11)20-12(2)16(19)18-14-5-3-4-13(17)10-14/h3-10,12H,1-2H3,(H,18,19). The third-order valence-electron chi connectivity index (χ3n) is 2.80. The highest BCUT2D eigenvalue weighted by Crippen LogP contribution is 2.24. The normalized spacial score (nSPS) is 11.9. The number of hydrogen-bond acceptors (Lipinski definition) is 2. The Kier molecular flexibility index (Phi) is 5.10. The Morgan fingerprint density at radius 3 is 2.55 bits per heavy atom. The van der Waals surface area contributed by atoms with E-state index in [0.717, 1.165) is 10.6 Å². The van der Waals surface area contributed by atoms with Gasteiger partial charge < -0.3 is 5.32 Å². The van der Waals surface area contributed by atoms with Crippen LogP contribution >= 0.6 is 23.4 Å². The van der Waals surface area contributed by atoms with Gasteiger partial charge in [-0.05, 0) is 44.2 Å². The molecule has 0 radical (unpaired) electrons. The van der Waals surface area contributed by atoms with Crippen molar-refractivity contribution in [1.29, 1.82) is 0 Å². The van der Waals surface area contributed by atoms with Crippen LogP contribution in [0, 0.1) is 6.92 Å². The summed E-state index contributed by atoms with van der Waals surface area (Å²) < 4.78 is 0. The van der Waals surface area contributed by atoms with E-state index in [2.05, 4.69) is 5.32 Å². The van der Waals surface area contributed by atoms with Crippen LogP contribution in [0.5, 0.6) is 0 Å². The smallest absolute Gasteiger partial charge is 0.237 e. The summed E-state index contributed by atoms with van der Waals surface area (Å²) in [6.45, 7) is 3.94. The van der Waals surface area contributed by atoms with Crippen LogP contribution in [0.3, 0.4) is 0 Å². The maximum atomic E-state index is 12.1. The number of benzene rings is 2. The van der Waals surface area contributed by atoms with E-state index >= 15 is 0 Å². The molecule has 0 spiro atoms. The van der Waals surface area contributed by atoms with Crippen molar-refractivity contribution in [1.82, 2.24) is 0 Å². The van der Waals surface area contributed by atoms with Crippen LogP contribution < -0.4 is 5.32 Å². The molecule has 0 heterocycles. The summed E-state index contributed by atoms with van der Waals surface area (Å²) in [5, 5.41) is 3.31. The van der Waals surface area contributed by atoms with Crippen LogP contribution in [0.4, 0.5) is 5.69 Å². The number of carbonyl (C=O) groups excluding carboxylic acids is 1. The minimum absolute atomic E-state index is 0.0298. The van der Waals surface area contributed by atoms with Gasteiger partial charge in [0.05, 0.1) is 5.25 Å². The van der Waals surface area contributed by atoms with Gasteiger partial charge in [0.2, 0.25) is 5.91 Å². The summed E-state index contributed by atoms with van der Waals surface area (Å²) in [6, 6.07) is 15.3. The molecule has 1 N–H and O–H groups in total. The van der Waals surface area contributed by atoms with Crippen LogP contribution in [-0.4, -0.2) is 11.2 Å². The number of carbonyl (C=O) groups is 1. The lowest BCUT2D eigenvalue weighted by Gasteiger charge is -2.12. The summed E-state index contributed by atoms with van der Waals surface area (Å²) in [7, 11) is 0. The Balaban J connectivity index is 1.96. The quantitative estimate of drug-likeness (QED) is 0.825. The zero-order chi connectivity index (χ0) is 14.5. The van der Waals surface area contributed by atoms with Crippen molar-refractivity contribution in [3.05, 3.63) is 59.1 Å². The molecule has 2 nitrogen and oxygen atoms in total. The number of anilines is 1. The van der Waals surface area contributed by atoms with Crippen LogP contribution in [0.1, 0.15) is 12.5 Å². The van der Waals surface area contributed by atoms with E-state index in [9.17, 15) is 4.79 Å². The lowest BCUT2D eigenvalue weighted by atomic mass is 10.2. The number of amides is 1. The van der Waals surface area contributed by atoms with Gasteiger partial charge in [-0.2, -0.15) is 0 Å². The highest BCUT2D eigenvalue weighted by Gasteiger charge is 2.14. The molecule has 1 unspecified atom stereocenters. The van der Waals surface area contributed by atoms with E-state index in [1.54, 1.807) is 12.1 Å². The van der Waals surface area contributed by atoms with Gasteiger partial charge in [-0.15, -0.1) is 11.8 Å². The van der Waals surface area contributed by atoms with E-state index in [1.807, 2.05) is 50.2 Å². The molecule has 1 atom stereocenters. The van der Waals surface area contributed by atoms with Gasteiger partial charge in [-0.1, -0.05) is 35.4 Å². The van der Waals surface area contributed by atoms with Gasteiger partial charge >= 0.3 is 0 Å². The molecule has 2 aromatic carbocycles. The van der Waals surface area contributed by atoms with E-state index in [1.165, 1.54) is 17.3 Å². The fourth-order valence-electron chi connectivity index (χ4n) is 1.68. The van der Waals surface area contributed by atoms with E-state index < -0.39 is 0 Å². The second-order valence-corrected chi connectivity index (χ2v) is 6.42. The molecule has 0 aliphatic heterocycles. The summed E-state index contributed by atoms with van der Waals surface area (Å²) in [5.41, 5.74) is 1.93. The molecule has 1 amide bonds. The van der Waals surface area contributed by atoms with Crippen molar-refractivity contribution < 1.29 is 4.79 Å². The highest BCUT2D eigenvalue weighted by molar-refractivity contribution is 8.00. The molecule has 2 rings (SSSR count). The second-order valence-electron chi connectivity index (χ2n) is 4.57. The Labute approximate surface area is 128 Å². The average molecular weight is 306 g/mol. The fraction of sp³-hybridized carbons (Fsp3) is 0.188. The summed E-state index contributed by atoms with van der Waals surface area (Å²) in [4.78, 5) is 13.2. The van der Waals surface area contributed by atoms with Gasteiger partial charge in [-0.25, -0.2) is 0 Å². The molecular weight excluding hydrogens is 290 g/mol. The highest BCUT2D eigenvalue weighted by atomic mass is 35.5. The van der Waals surface area contributed by atoms with Crippen molar-refractivity contribution in [2.24, 2.45) is 0 Å². The maximum Gasteiger partial charge on any atom is 0.237 e. The van der Waals surface area contributed by atoms with Crippen LogP contribution in [0.15, 0.2) is 53.4 Å². The molecule has 0 saturated carbocycles. The first-order valence-electron chi connectivity index (χ1n) is 6.34. The third kappa shape index (κ3) is 4.29. The lowest BCUT2D eigenvalue weighted by molar-refractivity contribution is -0.115. The zero-order valence-electron chi connectivity index (χ0n) is 11.4. The average Bonchev–Trinajstić information content (AvgIpc) is 2.41. The van der Waals surface area contributed by atoms with Crippen LogP contribution in [0.2, 0.25) is 5.02 Å². The van der Waals surface area contributed by atoms with Gasteiger partial charge in [0.15, 0.2) is 0 Å². The number of rotatable bonds is 4. The first kappa shape index (κ1) is 14.9. The van der Waals surface area contributed by atoms with Crippen molar-refractivity contribution in [2.75, 3.05) is 5.32 Å². The zero-order valence-corrected chi connectivity index (χ0v) is 13.0. The molecule has 2 aromatic rings. The Morgan fingerprint density at radius 1 is 1.20 bits per heavy atom. The van der Waals surface area contributed by atoms with Gasteiger partial charge in [0, 0.05) is 15.6 Å². The van der Waals surface area contributed by atoms with E-state index in [0.29, 0.717) is 5.02 Å². The van der Waals surface area contributed by atoms with Gasteiger partial charge in [-0.3, -0.25) is 4.79 Å². The Morgan fingerprint density at radius 2 is 1.90 bits per heavy atom. The van der Waals surface area contributed by atoms with Crippen molar-refractivity contribution in [3.63, 3.8) is 0 Å². The number of hydrogen-bond donors (Lipinski definition) is 1. The monoisotopic (exact) mass is 305 g/mol. The van der Waals surface area contributed by atoms with Crippen molar-refractivity contribution in [3.8, 4) is 0 Å². The molecule has 20 heavy (non-hydrogen) atoms. The van der Waals surface area contributed by atoms with Gasteiger partial charge in [0.25, 0.3) is 0 Å². The van der Waals surface area contributed by atoms with Crippen molar-refractivity contribution >= 4 is 35.0 Å². The number of halogens is 1. The molecule has 104 valence electrons. The summed E-state index contributed by atoms with van der Waals surface area (Å²) in [6.07, 6.45) is 0. The van der Waals surface area contributed by atoms with Crippen LogP contribution in [-0.2, 0) is 4.79 Å². The molecule has 0 bridgehead atoms. The molecular formula is C16H16ClNOS. The fourth-order valence-corrected chi connectivity index (χ4v) is 2.74. The first-order chi connectivity index (χ1) is 9.54. The summed E-state index contributed by atoms with van der Waals surface area (Å²) >= 11 is 7.43. The molecule has 0 fully saturated rings. The molecule has 0 aliphatic rings. The molecule has 0 saturated heterocycles. The molecule has 0 aromatic heterocycles. The van der Waals surface area contributed by atoms with Crippen LogP contribution in [0.25, 0.3) is 0 Å². The molecule has 0 aliphatic carbocycles.